The fraction of sp³-hybridized carbons (Fsp3) is 0.300. The molecular weight excluding hydrogens is 392 g/mol. The van der Waals surface area contributed by atoms with Gasteiger partial charge in [-0.05, 0) is 30.3 Å². The number of carbonyl (C=O) groups is 2. The second-order valence-electron chi connectivity index (χ2n) is 6.51. The number of nitrogens with zero attached hydrogens (tertiary/aromatic N) is 2. The predicted octanol–water partition coefficient (Wildman–Crippen LogP) is 3.45. The van der Waals surface area contributed by atoms with Crippen LogP contribution in [0.4, 0.5) is 17.6 Å². The summed E-state index contributed by atoms with van der Waals surface area (Å²) in [6, 6.07) is 8.13. The topological polar surface area (TPSA) is 49.9 Å². The van der Waals surface area contributed by atoms with E-state index in [2.05, 4.69) is 0 Å². The number of amides is 2. The normalized spacial score (nSPS) is 14.7. The molecule has 1 fully saturated rings. The lowest BCUT2D eigenvalue weighted by Crippen LogP contribution is -2.50. The van der Waals surface area contributed by atoms with Gasteiger partial charge in [-0.25, -0.2) is 4.39 Å². The van der Waals surface area contributed by atoms with Gasteiger partial charge in [0.25, 0.3) is 11.8 Å². The molecule has 0 unspecified atom stereocenters. The summed E-state index contributed by atoms with van der Waals surface area (Å²) in [4.78, 5) is 27.9. The summed E-state index contributed by atoms with van der Waals surface area (Å²) in [5.41, 5.74) is -1.07. The van der Waals surface area contributed by atoms with E-state index in [-0.39, 0.29) is 43.1 Å². The van der Waals surface area contributed by atoms with Crippen molar-refractivity contribution in [2.24, 2.45) is 0 Å². The third-order valence-electron chi connectivity index (χ3n) is 4.70. The van der Waals surface area contributed by atoms with Gasteiger partial charge in [-0.15, -0.1) is 0 Å². The van der Waals surface area contributed by atoms with Gasteiger partial charge < -0.3 is 14.5 Å². The third-order valence-corrected chi connectivity index (χ3v) is 4.70. The second-order valence-corrected chi connectivity index (χ2v) is 6.51. The molecule has 0 N–H and O–H groups in total. The van der Waals surface area contributed by atoms with Crippen LogP contribution in [0.2, 0.25) is 0 Å². The molecule has 1 heterocycles. The van der Waals surface area contributed by atoms with E-state index in [9.17, 15) is 27.2 Å². The molecule has 2 aromatic carbocycles. The molecule has 9 heteroatoms. The van der Waals surface area contributed by atoms with Gasteiger partial charge in [0.2, 0.25) is 0 Å². The van der Waals surface area contributed by atoms with Gasteiger partial charge in [0.05, 0.1) is 18.2 Å². The highest BCUT2D eigenvalue weighted by Gasteiger charge is 2.32. The molecule has 1 saturated heterocycles. The SMILES string of the molecule is COc1ccc(C(=O)N2CCN(C(=O)c3cccc(C(F)(F)F)c3)CC2)c(F)c1. The highest BCUT2D eigenvalue weighted by atomic mass is 19.4. The zero-order chi connectivity index (χ0) is 21.2. The van der Waals surface area contributed by atoms with Crippen LogP contribution in [-0.2, 0) is 6.18 Å². The number of ether oxygens (including phenoxy) is 1. The molecule has 0 spiro atoms. The van der Waals surface area contributed by atoms with Gasteiger partial charge in [-0.1, -0.05) is 6.07 Å². The van der Waals surface area contributed by atoms with Crippen molar-refractivity contribution >= 4 is 11.8 Å². The Hall–Kier alpha value is -3.10. The number of carbonyl (C=O) groups excluding carboxylic acids is 2. The number of methoxy groups -OCH3 is 1. The Morgan fingerprint density at radius 2 is 1.55 bits per heavy atom. The van der Waals surface area contributed by atoms with E-state index in [1.54, 1.807) is 0 Å². The van der Waals surface area contributed by atoms with E-state index >= 15 is 0 Å². The standard InChI is InChI=1S/C20H18F4N2O3/c1-29-15-5-6-16(17(21)12-15)19(28)26-9-7-25(8-10-26)18(27)13-3-2-4-14(11-13)20(22,23)24/h2-6,11-12H,7-10H2,1H3. The molecular formula is C20H18F4N2O3. The highest BCUT2D eigenvalue weighted by Crippen LogP contribution is 2.30. The van der Waals surface area contributed by atoms with Crippen molar-refractivity contribution in [3.05, 3.63) is 65.0 Å². The lowest BCUT2D eigenvalue weighted by atomic mass is 10.1. The minimum absolute atomic E-state index is 0.0687. The number of rotatable bonds is 3. The summed E-state index contributed by atoms with van der Waals surface area (Å²) >= 11 is 0. The molecule has 3 rings (SSSR count). The molecule has 0 aromatic heterocycles. The van der Waals surface area contributed by atoms with Gasteiger partial charge in [-0.2, -0.15) is 13.2 Å². The Morgan fingerprint density at radius 1 is 0.931 bits per heavy atom. The second kappa shape index (κ2) is 8.10. The maximum Gasteiger partial charge on any atom is 0.416 e. The predicted molar refractivity (Wildman–Crippen MR) is 96.2 cm³/mol. The summed E-state index contributed by atoms with van der Waals surface area (Å²) < 4.78 is 57.6. The molecule has 0 aliphatic carbocycles. The van der Waals surface area contributed by atoms with Crippen molar-refractivity contribution in [2.45, 2.75) is 6.18 Å². The summed E-state index contributed by atoms with van der Waals surface area (Å²) in [6.07, 6.45) is -4.54. The van der Waals surface area contributed by atoms with Crippen LogP contribution in [0.1, 0.15) is 26.3 Å². The van der Waals surface area contributed by atoms with E-state index in [1.165, 1.54) is 41.2 Å². The Morgan fingerprint density at radius 3 is 2.10 bits per heavy atom. The van der Waals surface area contributed by atoms with Crippen LogP contribution in [0.5, 0.6) is 5.75 Å². The van der Waals surface area contributed by atoms with Crippen LogP contribution in [0.3, 0.4) is 0 Å². The number of alkyl halides is 3. The molecule has 1 aliphatic rings. The number of halogens is 4. The molecule has 0 saturated carbocycles. The number of benzene rings is 2. The molecule has 0 radical (unpaired) electrons. The quantitative estimate of drug-likeness (QED) is 0.729. The number of hydrogen-bond acceptors (Lipinski definition) is 3. The average Bonchev–Trinajstić information content (AvgIpc) is 2.72. The van der Waals surface area contributed by atoms with Crippen molar-refractivity contribution in [1.29, 1.82) is 0 Å². The summed E-state index contributed by atoms with van der Waals surface area (Å²) in [5.74, 6) is -1.48. The fourth-order valence-electron chi connectivity index (χ4n) is 3.09. The van der Waals surface area contributed by atoms with Crippen LogP contribution in [-0.4, -0.2) is 54.9 Å². The van der Waals surface area contributed by atoms with E-state index < -0.39 is 29.4 Å². The van der Waals surface area contributed by atoms with E-state index in [0.29, 0.717) is 0 Å². The number of piperazine rings is 1. The zero-order valence-electron chi connectivity index (χ0n) is 15.5. The van der Waals surface area contributed by atoms with Gasteiger partial charge in [0, 0.05) is 37.8 Å². The summed E-state index contributed by atoms with van der Waals surface area (Å²) in [5, 5.41) is 0. The monoisotopic (exact) mass is 410 g/mol. The summed E-state index contributed by atoms with van der Waals surface area (Å²) in [7, 11) is 1.39. The van der Waals surface area contributed by atoms with Gasteiger partial charge in [-0.3, -0.25) is 9.59 Å². The Labute approximate surface area is 164 Å². The van der Waals surface area contributed by atoms with E-state index in [1.807, 2.05) is 0 Å². The van der Waals surface area contributed by atoms with Crippen LogP contribution >= 0.6 is 0 Å². The average molecular weight is 410 g/mol. The molecule has 29 heavy (non-hydrogen) atoms. The van der Waals surface area contributed by atoms with Crippen LogP contribution in [0, 0.1) is 5.82 Å². The first-order valence-corrected chi connectivity index (χ1v) is 8.80. The van der Waals surface area contributed by atoms with Crippen molar-refractivity contribution < 1.29 is 31.9 Å². The Balaban J connectivity index is 1.66. The fourth-order valence-corrected chi connectivity index (χ4v) is 3.09. The van der Waals surface area contributed by atoms with Gasteiger partial charge >= 0.3 is 6.18 Å². The molecule has 2 amide bonds. The smallest absolute Gasteiger partial charge is 0.416 e. The lowest BCUT2D eigenvalue weighted by Gasteiger charge is -2.35. The molecule has 0 bridgehead atoms. The number of hydrogen-bond donors (Lipinski definition) is 0. The molecule has 5 nitrogen and oxygen atoms in total. The Kier molecular flexibility index (Phi) is 5.76. The first kappa shape index (κ1) is 20.6. The summed E-state index contributed by atoms with van der Waals surface area (Å²) in [6.45, 7) is 0.571. The van der Waals surface area contributed by atoms with Crippen molar-refractivity contribution in [3.8, 4) is 5.75 Å². The van der Waals surface area contributed by atoms with Crippen molar-refractivity contribution in [2.75, 3.05) is 33.3 Å². The minimum Gasteiger partial charge on any atom is -0.497 e. The molecule has 1 aliphatic heterocycles. The first-order chi connectivity index (χ1) is 13.7. The van der Waals surface area contributed by atoms with E-state index in [0.717, 1.165) is 18.2 Å². The first-order valence-electron chi connectivity index (χ1n) is 8.80. The maximum absolute atomic E-state index is 14.1. The van der Waals surface area contributed by atoms with Crippen molar-refractivity contribution in [1.82, 2.24) is 9.80 Å². The Bertz CT molecular complexity index is 922. The molecule has 2 aromatic rings. The van der Waals surface area contributed by atoms with Gasteiger partial charge in [0.1, 0.15) is 11.6 Å². The molecule has 154 valence electrons. The zero-order valence-corrected chi connectivity index (χ0v) is 15.5. The third kappa shape index (κ3) is 4.49. The maximum atomic E-state index is 14.1. The molecule has 0 atom stereocenters. The van der Waals surface area contributed by atoms with Gasteiger partial charge in [0.15, 0.2) is 0 Å². The lowest BCUT2D eigenvalue weighted by molar-refractivity contribution is -0.137. The van der Waals surface area contributed by atoms with Crippen LogP contribution in [0.15, 0.2) is 42.5 Å². The minimum atomic E-state index is -4.54. The van der Waals surface area contributed by atoms with Crippen LogP contribution < -0.4 is 4.74 Å². The highest BCUT2D eigenvalue weighted by molar-refractivity contribution is 5.96. The van der Waals surface area contributed by atoms with E-state index in [4.69, 9.17) is 4.74 Å². The van der Waals surface area contributed by atoms with Crippen molar-refractivity contribution in [3.63, 3.8) is 0 Å². The largest absolute Gasteiger partial charge is 0.497 e. The van der Waals surface area contributed by atoms with Crippen LogP contribution in [0.25, 0.3) is 0 Å².